The van der Waals surface area contributed by atoms with Crippen LogP contribution in [0.4, 0.5) is 0 Å². The van der Waals surface area contributed by atoms with Crippen LogP contribution in [0.5, 0.6) is 5.75 Å². The zero-order valence-electron chi connectivity index (χ0n) is 17.4. The zero-order valence-corrected chi connectivity index (χ0v) is 17.4. The molecular weight excluding hydrogens is 348 g/mol. The van der Waals surface area contributed by atoms with E-state index in [1.54, 1.807) is 0 Å². The zero-order chi connectivity index (χ0) is 19.2. The molecule has 1 saturated heterocycles. The van der Waals surface area contributed by atoms with Gasteiger partial charge in [0.15, 0.2) is 0 Å². The Morgan fingerprint density at radius 3 is 2.64 bits per heavy atom. The predicted molar refractivity (Wildman–Crippen MR) is 114 cm³/mol. The summed E-state index contributed by atoms with van der Waals surface area (Å²) in [6, 6.07) is 9.36. The fourth-order valence-electron chi connectivity index (χ4n) is 4.98. The number of nitrogens with zero attached hydrogens (tertiary/aromatic N) is 2. The van der Waals surface area contributed by atoms with Crippen LogP contribution in [0.1, 0.15) is 70.3 Å². The summed E-state index contributed by atoms with van der Waals surface area (Å²) in [5.41, 5.74) is 1.07. The molecule has 1 aromatic carbocycles. The molecule has 0 aromatic heterocycles. The fraction of sp³-hybridized carbons (Fsp3) is 0.708. The van der Waals surface area contributed by atoms with Gasteiger partial charge in [-0.1, -0.05) is 32.1 Å². The van der Waals surface area contributed by atoms with Gasteiger partial charge in [-0.3, -0.25) is 0 Å². The maximum atomic E-state index is 5.93. The normalized spacial score (nSPS) is 26.2. The lowest BCUT2D eigenvalue weighted by atomic mass is 9.85. The molecule has 2 aliphatic heterocycles. The van der Waals surface area contributed by atoms with Gasteiger partial charge in [0.1, 0.15) is 12.4 Å². The van der Waals surface area contributed by atoms with Gasteiger partial charge in [-0.25, -0.2) is 4.99 Å². The standard InChI is InChI=1S/C24H36N2O2/c1-19-7-5-14-26(19)15-6-16-27-23-12-10-21(11-13-23)24-25-22(18-28-24)17-20-8-3-2-4-9-20/h10-13,19-20,22H,2-9,14-18H2,1H3/t19?,22-/m0/s1. The highest BCUT2D eigenvalue weighted by Gasteiger charge is 2.24. The van der Waals surface area contributed by atoms with Crippen LogP contribution in [0.15, 0.2) is 29.3 Å². The van der Waals surface area contributed by atoms with Gasteiger partial charge in [0, 0.05) is 18.2 Å². The van der Waals surface area contributed by atoms with E-state index in [0.29, 0.717) is 6.04 Å². The molecule has 2 fully saturated rings. The molecule has 1 aliphatic carbocycles. The predicted octanol–water partition coefficient (Wildman–Crippen LogP) is 5.06. The van der Waals surface area contributed by atoms with Crippen LogP contribution in [0.25, 0.3) is 0 Å². The van der Waals surface area contributed by atoms with Gasteiger partial charge in [0.25, 0.3) is 0 Å². The summed E-state index contributed by atoms with van der Waals surface area (Å²) in [5, 5.41) is 0. The smallest absolute Gasteiger partial charge is 0.216 e. The van der Waals surface area contributed by atoms with Crippen LogP contribution < -0.4 is 4.74 Å². The molecule has 1 aromatic rings. The SMILES string of the molecule is CC1CCCN1CCCOc1ccc(C2=N[C@@H](CC3CCCCC3)CO2)cc1. The van der Waals surface area contributed by atoms with E-state index in [9.17, 15) is 0 Å². The Bertz CT molecular complexity index is 637. The Kier molecular flexibility index (Phi) is 6.90. The highest BCUT2D eigenvalue weighted by atomic mass is 16.5. The second-order valence-corrected chi connectivity index (χ2v) is 8.89. The molecule has 4 nitrogen and oxygen atoms in total. The average molecular weight is 385 g/mol. The quantitative estimate of drug-likeness (QED) is 0.588. The highest BCUT2D eigenvalue weighted by molar-refractivity contribution is 5.95. The molecule has 3 aliphatic rings. The number of ether oxygens (including phenoxy) is 2. The lowest BCUT2D eigenvalue weighted by Gasteiger charge is -2.22. The van der Waals surface area contributed by atoms with Crippen molar-refractivity contribution in [2.24, 2.45) is 10.9 Å². The minimum absolute atomic E-state index is 0.349. The lowest BCUT2D eigenvalue weighted by molar-refractivity contribution is 0.230. The van der Waals surface area contributed by atoms with E-state index in [1.165, 1.54) is 57.9 Å². The Morgan fingerprint density at radius 2 is 1.89 bits per heavy atom. The molecule has 1 saturated carbocycles. The van der Waals surface area contributed by atoms with Crippen LogP contribution in [0, 0.1) is 5.92 Å². The number of rotatable bonds is 8. The molecule has 28 heavy (non-hydrogen) atoms. The van der Waals surface area contributed by atoms with E-state index in [1.807, 2.05) is 12.1 Å². The topological polar surface area (TPSA) is 34.1 Å². The maximum Gasteiger partial charge on any atom is 0.216 e. The molecule has 0 spiro atoms. The Balaban J connectivity index is 1.21. The van der Waals surface area contributed by atoms with Gasteiger partial charge < -0.3 is 14.4 Å². The van der Waals surface area contributed by atoms with Gasteiger partial charge in [-0.2, -0.15) is 0 Å². The summed E-state index contributed by atoms with van der Waals surface area (Å²) in [7, 11) is 0. The Hall–Kier alpha value is -1.55. The van der Waals surface area contributed by atoms with Crippen molar-refractivity contribution >= 4 is 5.90 Å². The molecule has 4 rings (SSSR count). The first-order valence-corrected chi connectivity index (χ1v) is 11.5. The van der Waals surface area contributed by atoms with Crippen molar-refractivity contribution in [3.8, 4) is 5.75 Å². The average Bonchev–Trinajstić information content (AvgIpc) is 3.36. The molecule has 1 unspecified atom stereocenters. The molecule has 0 bridgehead atoms. The second kappa shape index (κ2) is 9.78. The number of benzene rings is 1. The third-order valence-corrected chi connectivity index (χ3v) is 6.69. The number of aliphatic imine (C=N–C) groups is 1. The fourth-order valence-corrected chi connectivity index (χ4v) is 4.98. The molecule has 2 atom stereocenters. The van der Waals surface area contributed by atoms with Crippen molar-refractivity contribution in [1.82, 2.24) is 4.90 Å². The molecule has 154 valence electrons. The molecule has 2 heterocycles. The summed E-state index contributed by atoms with van der Waals surface area (Å²) in [6.07, 6.45) is 11.9. The monoisotopic (exact) mass is 384 g/mol. The molecule has 0 N–H and O–H groups in total. The molecule has 0 radical (unpaired) electrons. The van der Waals surface area contributed by atoms with Gasteiger partial charge in [-0.15, -0.1) is 0 Å². The van der Waals surface area contributed by atoms with Crippen molar-refractivity contribution in [1.29, 1.82) is 0 Å². The van der Waals surface area contributed by atoms with Crippen molar-refractivity contribution in [2.45, 2.75) is 76.8 Å². The van der Waals surface area contributed by atoms with Crippen LogP contribution in [-0.2, 0) is 4.74 Å². The van der Waals surface area contributed by atoms with Crippen molar-refractivity contribution in [3.05, 3.63) is 29.8 Å². The van der Waals surface area contributed by atoms with E-state index in [4.69, 9.17) is 14.5 Å². The summed E-state index contributed by atoms with van der Waals surface area (Å²) >= 11 is 0. The van der Waals surface area contributed by atoms with Gasteiger partial charge in [0.05, 0.1) is 12.6 Å². The first-order chi connectivity index (χ1) is 13.8. The van der Waals surface area contributed by atoms with Crippen LogP contribution in [-0.4, -0.2) is 49.2 Å². The third kappa shape index (κ3) is 5.28. The van der Waals surface area contributed by atoms with Crippen LogP contribution >= 0.6 is 0 Å². The van der Waals surface area contributed by atoms with Gasteiger partial charge >= 0.3 is 0 Å². The largest absolute Gasteiger partial charge is 0.494 e. The van der Waals surface area contributed by atoms with Crippen LogP contribution in [0.3, 0.4) is 0 Å². The van der Waals surface area contributed by atoms with E-state index < -0.39 is 0 Å². The van der Waals surface area contributed by atoms with Crippen molar-refractivity contribution in [3.63, 3.8) is 0 Å². The third-order valence-electron chi connectivity index (χ3n) is 6.69. The van der Waals surface area contributed by atoms with E-state index >= 15 is 0 Å². The summed E-state index contributed by atoms with van der Waals surface area (Å²) in [6.45, 7) is 6.26. The Morgan fingerprint density at radius 1 is 1.07 bits per heavy atom. The lowest BCUT2D eigenvalue weighted by Crippen LogP contribution is -2.28. The van der Waals surface area contributed by atoms with Crippen molar-refractivity contribution in [2.75, 3.05) is 26.3 Å². The summed E-state index contributed by atoms with van der Waals surface area (Å²) in [4.78, 5) is 7.43. The number of hydrogen-bond acceptors (Lipinski definition) is 4. The first-order valence-electron chi connectivity index (χ1n) is 11.5. The van der Waals surface area contributed by atoms with Crippen LogP contribution in [0.2, 0.25) is 0 Å². The van der Waals surface area contributed by atoms with E-state index in [0.717, 1.165) is 55.3 Å². The number of hydrogen-bond donors (Lipinski definition) is 0. The molecule has 4 heteroatoms. The number of likely N-dealkylation sites (tertiary alicyclic amines) is 1. The molecular formula is C24H36N2O2. The minimum atomic E-state index is 0.349. The van der Waals surface area contributed by atoms with Crippen molar-refractivity contribution < 1.29 is 9.47 Å². The summed E-state index contributed by atoms with van der Waals surface area (Å²) < 4.78 is 11.8. The first kappa shape index (κ1) is 19.8. The van der Waals surface area contributed by atoms with E-state index in [-0.39, 0.29) is 0 Å². The maximum absolute atomic E-state index is 5.93. The van der Waals surface area contributed by atoms with Gasteiger partial charge in [0.2, 0.25) is 5.90 Å². The Labute approximate surface area is 170 Å². The summed E-state index contributed by atoms with van der Waals surface area (Å²) in [5.74, 6) is 2.61. The molecule has 0 amide bonds. The highest BCUT2D eigenvalue weighted by Crippen LogP contribution is 2.29. The minimum Gasteiger partial charge on any atom is -0.494 e. The second-order valence-electron chi connectivity index (χ2n) is 8.89. The van der Waals surface area contributed by atoms with Gasteiger partial charge in [-0.05, 0) is 69.3 Å². The van der Waals surface area contributed by atoms with E-state index in [2.05, 4.69) is 24.0 Å².